The standard InChI is InChI=1S/C24H27N3O4/c1-15-5-3-4-6-17(15)12-27-13-18-7-8-20-21(22(18)26-27)16(2)23(31-20)24(28)25-11-19-14-29-9-10-30-19/h3-6,13,19H,7-12,14H2,1-2H3,(H,25,28)/t19-/m1/s1. The minimum absolute atomic E-state index is 0.119. The average Bonchev–Trinajstić information content (AvgIpc) is 3.34. The number of furan rings is 1. The number of aryl methyl sites for hydroxylation is 3. The highest BCUT2D eigenvalue weighted by Gasteiger charge is 2.30. The molecule has 3 heterocycles. The van der Waals surface area contributed by atoms with Crippen LogP contribution in [0.1, 0.15) is 38.6 Å². The van der Waals surface area contributed by atoms with Gasteiger partial charge in [-0.2, -0.15) is 5.10 Å². The first-order valence-corrected chi connectivity index (χ1v) is 10.8. The molecular weight excluding hydrogens is 394 g/mol. The highest BCUT2D eigenvalue weighted by atomic mass is 16.6. The number of carbonyl (C=O) groups excluding carboxylic acids is 1. The van der Waals surface area contributed by atoms with Crippen LogP contribution in [-0.4, -0.2) is 48.2 Å². The fourth-order valence-electron chi connectivity index (χ4n) is 4.36. The number of ether oxygens (including phenoxy) is 2. The highest BCUT2D eigenvalue weighted by molar-refractivity contribution is 5.95. The van der Waals surface area contributed by atoms with Crippen LogP contribution in [0.5, 0.6) is 0 Å². The molecule has 31 heavy (non-hydrogen) atoms. The molecule has 0 radical (unpaired) electrons. The Bertz CT molecular complexity index is 1110. The molecule has 2 aromatic heterocycles. The van der Waals surface area contributed by atoms with Crippen molar-refractivity contribution in [2.45, 2.75) is 39.3 Å². The van der Waals surface area contributed by atoms with Crippen LogP contribution in [0.15, 0.2) is 34.9 Å². The van der Waals surface area contributed by atoms with Crippen molar-refractivity contribution in [2.24, 2.45) is 0 Å². The highest BCUT2D eigenvalue weighted by Crippen LogP contribution is 2.38. The fourth-order valence-corrected chi connectivity index (χ4v) is 4.36. The summed E-state index contributed by atoms with van der Waals surface area (Å²) in [5, 5.41) is 7.79. The maximum Gasteiger partial charge on any atom is 0.287 e. The molecule has 7 heteroatoms. The predicted octanol–water partition coefficient (Wildman–Crippen LogP) is 3.05. The zero-order valence-corrected chi connectivity index (χ0v) is 17.9. The number of hydrogen-bond acceptors (Lipinski definition) is 5. The van der Waals surface area contributed by atoms with E-state index in [1.807, 2.05) is 17.7 Å². The van der Waals surface area contributed by atoms with E-state index in [2.05, 4.69) is 36.6 Å². The van der Waals surface area contributed by atoms with E-state index in [-0.39, 0.29) is 12.0 Å². The molecule has 1 fully saturated rings. The summed E-state index contributed by atoms with van der Waals surface area (Å²) in [4.78, 5) is 12.8. The molecular formula is C24H27N3O4. The van der Waals surface area contributed by atoms with E-state index in [0.29, 0.717) is 32.1 Å². The van der Waals surface area contributed by atoms with Gasteiger partial charge in [-0.15, -0.1) is 0 Å². The van der Waals surface area contributed by atoms with Gasteiger partial charge in [-0.25, -0.2) is 0 Å². The molecule has 0 bridgehead atoms. The van der Waals surface area contributed by atoms with Crippen LogP contribution >= 0.6 is 0 Å². The van der Waals surface area contributed by atoms with Crippen molar-refractivity contribution >= 4 is 5.91 Å². The molecule has 7 nitrogen and oxygen atoms in total. The lowest BCUT2D eigenvalue weighted by Crippen LogP contribution is -2.39. The predicted molar refractivity (Wildman–Crippen MR) is 115 cm³/mol. The lowest BCUT2D eigenvalue weighted by molar-refractivity contribution is -0.0856. The van der Waals surface area contributed by atoms with Crippen LogP contribution < -0.4 is 5.32 Å². The quantitative estimate of drug-likeness (QED) is 0.685. The van der Waals surface area contributed by atoms with Gasteiger partial charge >= 0.3 is 0 Å². The molecule has 0 unspecified atom stereocenters. The summed E-state index contributed by atoms with van der Waals surface area (Å²) in [6, 6.07) is 8.36. The second kappa shape index (κ2) is 8.32. The maximum atomic E-state index is 12.8. The van der Waals surface area contributed by atoms with Gasteiger partial charge < -0.3 is 19.2 Å². The number of aromatic nitrogens is 2. The van der Waals surface area contributed by atoms with Gasteiger partial charge in [0.05, 0.1) is 38.2 Å². The topological polar surface area (TPSA) is 78.5 Å². The smallest absolute Gasteiger partial charge is 0.287 e. The molecule has 0 saturated carbocycles. The summed E-state index contributed by atoms with van der Waals surface area (Å²) >= 11 is 0. The first-order valence-electron chi connectivity index (χ1n) is 10.8. The van der Waals surface area contributed by atoms with Crippen LogP contribution in [0.3, 0.4) is 0 Å². The van der Waals surface area contributed by atoms with Crippen molar-refractivity contribution in [3.05, 3.63) is 64.2 Å². The summed E-state index contributed by atoms with van der Waals surface area (Å²) in [6.45, 7) is 6.84. The number of carbonyl (C=O) groups is 1. The summed E-state index contributed by atoms with van der Waals surface area (Å²) < 4.78 is 19.0. The van der Waals surface area contributed by atoms with Crippen LogP contribution in [0.2, 0.25) is 0 Å². The zero-order valence-electron chi connectivity index (χ0n) is 17.9. The maximum absolute atomic E-state index is 12.8. The third-order valence-electron chi connectivity index (χ3n) is 6.09. The number of nitrogens with zero attached hydrogens (tertiary/aromatic N) is 2. The Hall–Kier alpha value is -2.90. The van der Waals surface area contributed by atoms with E-state index in [9.17, 15) is 4.79 Å². The summed E-state index contributed by atoms with van der Waals surface area (Å²) in [7, 11) is 0. The van der Waals surface area contributed by atoms with Gasteiger partial charge in [-0.05, 0) is 37.0 Å². The summed E-state index contributed by atoms with van der Waals surface area (Å²) in [5.41, 5.74) is 6.44. The molecule has 1 saturated heterocycles. The van der Waals surface area contributed by atoms with Crippen LogP contribution in [0.25, 0.3) is 11.3 Å². The Morgan fingerprint density at radius 2 is 2.10 bits per heavy atom. The van der Waals surface area contributed by atoms with E-state index in [1.54, 1.807) is 0 Å². The van der Waals surface area contributed by atoms with Crippen LogP contribution in [0, 0.1) is 13.8 Å². The van der Waals surface area contributed by atoms with Crippen molar-refractivity contribution in [3.63, 3.8) is 0 Å². The van der Waals surface area contributed by atoms with Crippen molar-refractivity contribution in [3.8, 4) is 11.3 Å². The second-order valence-electron chi connectivity index (χ2n) is 8.26. The average molecular weight is 421 g/mol. The van der Waals surface area contributed by atoms with Gasteiger partial charge in [0.15, 0.2) is 5.76 Å². The van der Waals surface area contributed by atoms with Gasteiger partial charge in [-0.1, -0.05) is 24.3 Å². The SMILES string of the molecule is Cc1ccccc1Cn1cc2c(n1)-c1c(oc(C(=O)NC[C@@H]3COCCO3)c1C)CC2. The van der Waals surface area contributed by atoms with Crippen LogP contribution in [0.4, 0.5) is 0 Å². The number of rotatable bonds is 5. The Balaban J connectivity index is 1.37. The number of benzene rings is 1. The van der Waals surface area contributed by atoms with Crippen molar-refractivity contribution < 1.29 is 18.7 Å². The van der Waals surface area contributed by atoms with E-state index in [0.717, 1.165) is 42.0 Å². The number of hydrogen-bond donors (Lipinski definition) is 1. The lowest BCUT2D eigenvalue weighted by Gasteiger charge is -2.22. The molecule has 2 aliphatic rings. The normalized spacial score (nSPS) is 17.8. The molecule has 5 rings (SSSR count). The molecule has 1 aromatic carbocycles. The van der Waals surface area contributed by atoms with Gasteiger partial charge in [0.25, 0.3) is 5.91 Å². The molecule has 1 N–H and O–H groups in total. The van der Waals surface area contributed by atoms with Crippen molar-refractivity contribution in [1.82, 2.24) is 15.1 Å². The zero-order chi connectivity index (χ0) is 21.4. The summed E-state index contributed by atoms with van der Waals surface area (Å²) in [5.74, 6) is 0.985. The molecule has 0 spiro atoms. The van der Waals surface area contributed by atoms with Crippen LogP contribution in [-0.2, 0) is 28.9 Å². The first kappa shape index (κ1) is 20.0. The number of nitrogens with one attached hydrogen (secondary N) is 1. The number of fused-ring (bicyclic) bond motifs is 3. The largest absolute Gasteiger partial charge is 0.455 e. The third kappa shape index (κ3) is 3.91. The van der Waals surface area contributed by atoms with Gasteiger partial charge in [0, 0.05) is 30.3 Å². The Morgan fingerprint density at radius 3 is 2.90 bits per heavy atom. The van der Waals surface area contributed by atoms with Crippen molar-refractivity contribution in [2.75, 3.05) is 26.4 Å². The second-order valence-corrected chi connectivity index (χ2v) is 8.26. The summed E-state index contributed by atoms with van der Waals surface area (Å²) in [6.07, 6.45) is 3.63. The molecule has 162 valence electrons. The van der Waals surface area contributed by atoms with E-state index >= 15 is 0 Å². The van der Waals surface area contributed by atoms with Gasteiger partial charge in [0.1, 0.15) is 5.76 Å². The Morgan fingerprint density at radius 1 is 1.23 bits per heavy atom. The molecule has 1 atom stereocenters. The minimum atomic E-state index is -0.220. The van der Waals surface area contributed by atoms with Gasteiger partial charge in [0.2, 0.25) is 0 Å². The van der Waals surface area contributed by atoms with E-state index in [4.69, 9.17) is 19.0 Å². The monoisotopic (exact) mass is 421 g/mol. The molecule has 1 amide bonds. The molecule has 3 aromatic rings. The molecule has 1 aliphatic carbocycles. The van der Waals surface area contributed by atoms with Gasteiger partial charge in [-0.3, -0.25) is 9.48 Å². The lowest BCUT2D eigenvalue weighted by atomic mass is 9.93. The minimum Gasteiger partial charge on any atom is -0.455 e. The Labute approximate surface area is 181 Å². The van der Waals surface area contributed by atoms with E-state index < -0.39 is 0 Å². The third-order valence-corrected chi connectivity index (χ3v) is 6.09. The fraction of sp³-hybridized carbons (Fsp3) is 0.417. The number of amides is 1. The van der Waals surface area contributed by atoms with Crippen molar-refractivity contribution in [1.29, 1.82) is 0 Å². The Kier molecular flexibility index (Phi) is 5.38. The first-order chi connectivity index (χ1) is 15.1. The van der Waals surface area contributed by atoms with E-state index in [1.165, 1.54) is 16.7 Å². The molecule has 1 aliphatic heterocycles.